The molecule has 92 valence electrons. The van der Waals surface area contributed by atoms with Crippen molar-refractivity contribution in [2.75, 3.05) is 24.6 Å². The van der Waals surface area contributed by atoms with E-state index in [4.69, 9.17) is 0 Å². The van der Waals surface area contributed by atoms with E-state index in [0.29, 0.717) is 0 Å². The van der Waals surface area contributed by atoms with Gasteiger partial charge in [-0.15, -0.1) is 11.3 Å². The van der Waals surface area contributed by atoms with Gasteiger partial charge in [0.05, 0.1) is 6.04 Å². The molecule has 1 aromatic heterocycles. The maximum absolute atomic E-state index is 12.3. The normalized spacial score (nSPS) is 24.5. The molecule has 3 nitrogen and oxygen atoms in total. The fourth-order valence-corrected chi connectivity index (χ4v) is 4.20. The topological polar surface area (TPSA) is 32.3 Å². The average molecular weight is 268 g/mol. The van der Waals surface area contributed by atoms with Gasteiger partial charge in [-0.1, -0.05) is 0 Å². The number of nitrogens with one attached hydrogen (secondary N) is 1. The average Bonchev–Trinajstić information content (AvgIpc) is 2.86. The van der Waals surface area contributed by atoms with Gasteiger partial charge in [0.25, 0.3) is 0 Å². The van der Waals surface area contributed by atoms with E-state index in [-0.39, 0.29) is 11.9 Å². The molecular formula is C12H16N2OS2. The number of hydrogen-bond donors (Lipinski definition) is 1. The van der Waals surface area contributed by atoms with Crippen LogP contribution in [0.15, 0.2) is 11.4 Å². The van der Waals surface area contributed by atoms with Crippen LogP contribution in [0.2, 0.25) is 0 Å². The predicted molar refractivity (Wildman–Crippen MR) is 72.6 cm³/mol. The number of thioether (sulfide) groups is 1. The zero-order chi connectivity index (χ0) is 11.7. The van der Waals surface area contributed by atoms with E-state index in [1.165, 1.54) is 10.4 Å². The Labute approximate surface area is 110 Å². The van der Waals surface area contributed by atoms with E-state index >= 15 is 0 Å². The Kier molecular flexibility index (Phi) is 3.40. The molecule has 1 unspecified atom stereocenters. The molecule has 2 aliphatic heterocycles. The molecule has 17 heavy (non-hydrogen) atoms. The zero-order valence-corrected chi connectivity index (χ0v) is 11.3. The molecule has 3 heterocycles. The number of nitrogens with zero attached hydrogens (tertiary/aromatic N) is 1. The van der Waals surface area contributed by atoms with E-state index in [0.717, 1.165) is 37.6 Å². The molecule has 1 amide bonds. The van der Waals surface area contributed by atoms with Gasteiger partial charge in [0.2, 0.25) is 5.91 Å². The molecule has 1 aromatic rings. The maximum Gasteiger partial charge on any atom is 0.240 e. The number of thiophene rings is 1. The monoisotopic (exact) mass is 268 g/mol. The smallest absolute Gasteiger partial charge is 0.240 e. The van der Waals surface area contributed by atoms with E-state index < -0.39 is 0 Å². The predicted octanol–water partition coefficient (Wildman–Crippen LogP) is 1.34. The largest absolute Gasteiger partial charge is 0.337 e. The molecule has 0 spiro atoms. The van der Waals surface area contributed by atoms with Crippen molar-refractivity contribution in [3.8, 4) is 0 Å². The second-order valence-electron chi connectivity index (χ2n) is 4.46. The van der Waals surface area contributed by atoms with Crippen molar-refractivity contribution in [2.45, 2.75) is 19.0 Å². The number of amides is 1. The van der Waals surface area contributed by atoms with Crippen LogP contribution in [-0.2, 0) is 17.8 Å². The molecule has 1 atom stereocenters. The van der Waals surface area contributed by atoms with E-state index in [1.54, 1.807) is 0 Å². The van der Waals surface area contributed by atoms with Gasteiger partial charge in [0.15, 0.2) is 0 Å². The third-order valence-electron chi connectivity index (χ3n) is 3.34. The minimum atomic E-state index is 0.0361. The summed E-state index contributed by atoms with van der Waals surface area (Å²) in [6, 6.07) is 2.19. The van der Waals surface area contributed by atoms with Crippen LogP contribution >= 0.6 is 23.1 Å². The minimum absolute atomic E-state index is 0.0361. The Bertz CT molecular complexity index is 412. The molecule has 1 fully saturated rings. The molecule has 0 saturated carbocycles. The van der Waals surface area contributed by atoms with Crippen molar-refractivity contribution in [2.24, 2.45) is 0 Å². The third-order valence-corrected chi connectivity index (χ3v) is 5.42. The van der Waals surface area contributed by atoms with Crippen LogP contribution in [0.1, 0.15) is 10.4 Å². The molecule has 1 N–H and O–H groups in total. The van der Waals surface area contributed by atoms with Crippen LogP contribution in [-0.4, -0.2) is 41.4 Å². The lowest BCUT2D eigenvalue weighted by atomic mass is 10.1. The Morgan fingerprint density at radius 3 is 3.29 bits per heavy atom. The number of carbonyl (C=O) groups excluding carboxylic acids is 1. The Morgan fingerprint density at radius 2 is 2.47 bits per heavy atom. The van der Waals surface area contributed by atoms with Crippen LogP contribution < -0.4 is 5.32 Å². The van der Waals surface area contributed by atoms with Crippen molar-refractivity contribution in [1.82, 2.24) is 10.2 Å². The third kappa shape index (κ3) is 2.37. The second-order valence-corrected chi connectivity index (χ2v) is 6.61. The molecule has 1 saturated heterocycles. The summed E-state index contributed by atoms with van der Waals surface area (Å²) in [5.74, 6) is 2.33. The highest BCUT2D eigenvalue weighted by Gasteiger charge is 2.28. The lowest BCUT2D eigenvalue weighted by Gasteiger charge is -2.32. The summed E-state index contributed by atoms with van der Waals surface area (Å²) in [4.78, 5) is 15.8. The van der Waals surface area contributed by atoms with Crippen LogP contribution in [0.5, 0.6) is 0 Å². The van der Waals surface area contributed by atoms with Gasteiger partial charge < -0.3 is 10.2 Å². The first kappa shape index (κ1) is 11.6. The highest BCUT2D eigenvalue weighted by atomic mass is 32.2. The second kappa shape index (κ2) is 5.00. The number of hydrogen-bond acceptors (Lipinski definition) is 4. The summed E-state index contributed by atoms with van der Waals surface area (Å²) in [7, 11) is 0. The molecule has 0 bridgehead atoms. The molecule has 3 rings (SSSR count). The van der Waals surface area contributed by atoms with Crippen molar-refractivity contribution in [3.63, 3.8) is 0 Å². The highest BCUT2D eigenvalue weighted by Crippen LogP contribution is 2.24. The summed E-state index contributed by atoms with van der Waals surface area (Å²) in [6.07, 6.45) is 1.03. The number of fused-ring (bicyclic) bond motifs is 1. The van der Waals surface area contributed by atoms with Gasteiger partial charge in [0.1, 0.15) is 0 Å². The van der Waals surface area contributed by atoms with Crippen LogP contribution in [0.25, 0.3) is 0 Å². The number of rotatable bonds is 1. The fraction of sp³-hybridized carbons (Fsp3) is 0.583. The van der Waals surface area contributed by atoms with Crippen molar-refractivity contribution in [3.05, 3.63) is 21.9 Å². The summed E-state index contributed by atoms with van der Waals surface area (Å²) in [6.45, 7) is 2.65. The molecule has 5 heteroatoms. The lowest BCUT2D eigenvalue weighted by Crippen LogP contribution is -2.51. The summed E-state index contributed by atoms with van der Waals surface area (Å²) in [5.41, 5.74) is 1.35. The van der Waals surface area contributed by atoms with Crippen molar-refractivity contribution in [1.29, 1.82) is 0 Å². The molecule has 0 radical (unpaired) electrons. The highest BCUT2D eigenvalue weighted by molar-refractivity contribution is 7.99. The Morgan fingerprint density at radius 1 is 1.53 bits per heavy atom. The Hall–Kier alpha value is -0.520. The molecule has 0 aromatic carbocycles. The lowest BCUT2D eigenvalue weighted by molar-refractivity contribution is -0.133. The minimum Gasteiger partial charge on any atom is -0.337 e. The zero-order valence-electron chi connectivity index (χ0n) is 9.65. The maximum atomic E-state index is 12.3. The van der Waals surface area contributed by atoms with Gasteiger partial charge in [-0.05, 0) is 23.4 Å². The van der Waals surface area contributed by atoms with Crippen LogP contribution in [0.3, 0.4) is 0 Å². The van der Waals surface area contributed by atoms with E-state index in [1.807, 2.05) is 28.0 Å². The van der Waals surface area contributed by atoms with Crippen molar-refractivity contribution >= 4 is 29.0 Å². The standard InChI is InChI=1S/C12H16N2OS2/c15-12(10-8-16-6-3-13-10)14-4-1-11-9(7-14)2-5-17-11/h2,5,10,13H,1,3-4,6-8H2. The summed E-state index contributed by atoms with van der Waals surface area (Å²) in [5, 5.41) is 5.46. The number of carbonyl (C=O) groups is 1. The van der Waals surface area contributed by atoms with Gasteiger partial charge in [-0.3, -0.25) is 4.79 Å². The molecule has 0 aliphatic carbocycles. The van der Waals surface area contributed by atoms with Crippen molar-refractivity contribution < 1.29 is 4.79 Å². The SMILES string of the molecule is O=C(C1CSCCN1)N1CCc2sccc2C1. The summed E-state index contributed by atoms with van der Waals surface area (Å²) >= 11 is 3.69. The quantitative estimate of drug-likeness (QED) is 0.834. The van der Waals surface area contributed by atoms with Gasteiger partial charge in [0, 0.05) is 36.0 Å². The first-order valence-electron chi connectivity index (χ1n) is 6.00. The first-order valence-corrected chi connectivity index (χ1v) is 8.03. The van der Waals surface area contributed by atoms with E-state index in [9.17, 15) is 4.79 Å². The van der Waals surface area contributed by atoms with Crippen LogP contribution in [0.4, 0.5) is 0 Å². The van der Waals surface area contributed by atoms with Gasteiger partial charge in [-0.2, -0.15) is 11.8 Å². The first-order chi connectivity index (χ1) is 8.34. The van der Waals surface area contributed by atoms with Gasteiger partial charge in [-0.25, -0.2) is 0 Å². The Balaban J connectivity index is 1.67. The molecular weight excluding hydrogens is 252 g/mol. The van der Waals surface area contributed by atoms with E-state index in [2.05, 4.69) is 16.8 Å². The van der Waals surface area contributed by atoms with Gasteiger partial charge >= 0.3 is 0 Å². The summed E-state index contributed by atoms with van der Waals surface area (Å²) < 4.78 is 0. The van der Waals surface area contributed by atoms with Crippen LogP contribution in [0, 0.1) is 0 Å². The fourth-order valence-electron chi connectivity index (χ4n) is 2.38. The molecule has 2 aliphatic rings.